The van der Waals surface area contributed by atoms with Crippen molar-refractivity contribution in [2.75, 3.05) is 25.1 Å². The standard InChI is InChI=1S/C19H21Cl2N3OS/c1-13-16(21)6-7-17(23-13)24-18(26)22-12-19(8-10-25-11-9-19)14-2-4-15(20)5-3-14/h2-7H,8-12H2,1H3,(H2,22,23,24,26). The SMILES string of the molecule is Cc1nc(NC(=S)NCC2(c3ccc(Cl)cc3)CCOCC2)ccc1Cl. The van der Waals surface area contributed by atoms with Crippen LogP contribution in [0.5, 0.6) is 0 Å². The van der Waals surface area contributed by atoms with E-state index < -0.39 is 0 Å². The number of aryl methyl sites for hydroxylation is 1. The number of pyridine rings is 1. The molecule has 2 heterocycles. The van der Waals surface area contributed by atoms with Gasteiger partial charge in [-0.1, -0.05) is 35.3 Å². The Labute approximate surface area is 169 Å². The summed E-state index contributed by atoms with van der Waals surface area (Å²) in [6.45, 7) is 4.06. The molecule has 0 spiro atoms. The van der Waals surface area contributed by atoms with Crippen LogP contribution in [0.4, 0.5) is 5.82 Å². The van der Waals surface area contributed by atoms with Crippen molar-refractivity contribution < 1.29 is 4.74 Å². The van der Waals surface area contributed by atoms with E-state index in [1.165, 1.54) is 5.56 Å². The summed E-state index contributed by atoms with van der Waals surface area (Å²) in [5.74, 6) is 0.678. The van der Waals surface area contributed by atoms with Crippen LogP contribution < -0.4 is 10.6 Å². The minimum Gasteiger partial charge on any atom is -0.381 e. The van der Waals surface area contributed by atoms with E-state index in [9.17, 15) is 0 Å². The molecule has 3 rings (SSSR count). The Bertz CT molecular complexity index is 777. The number of thiocarbonyl (C=S) groups is 1. The van der Waals surface area contributed by atoms with Gasteiger partial charge in [-0.2, -0.15) is 0 Å². The van der Waals surface area contributed by atoms with Gasteiger partial charge in [-0.05, 0) is 61.8 Å². The van der Waals surface area contributed by atoms with Gasteiger partial charge in [0.2, 0.25) is 0 Å². The van der Waals surface area contributed by atoms with Gasteiger partial charge in [0.15, 0.2) is 5.11 Å². The monoisotopic (exact) mass is 409 g/mol. The number of benzene rings is 1. The van der Waals surface area contributed by atoms with Crippen molar-refractivity contribution in [3.63, 3.8) is 0 Å². The maximum Gasteiger partial charge on any atom is 0.171 e. The maximum absolute atomic E-state index is 6.05. The minimum absolute atomic E-state index is 0.0298. The van der Waals surface area contributed by atoms with E-state index in [0.29, 0.717) is 16.0 Å². The zero-order chi connectivity index (χ0) is 18.6. The first kappa shape index (κ1) is 19.4. The lowest BCUT2D eigenvalue weighted by molar-refractivity contribution is 0.0515. The molecule has 0 bridgehead atoms. The fourth-order valence-electron chi connectivity index (χ4n) is 3.16. The summed E-state index contributed by atoms with van der Waals surface area (Å²) in [7, 11) is 0. The van der Waals surface area contributed by atoms with Gasteiger partial charge in [0.25, 0.3) is 0 Å². The molecule has 2 N–H and O–H groups in total. The fourth-order valence-corrected chi connectivity index (χ4v) is 3.56. The lowest BCUT2D eigenvalue weighted by atomic mass is 9.74. The van der Waals surface area contributed by atoms with Gasteiger partial charge in [0, 0.05) is 30.2 Å². The van der Waals surface area contributed by atoms with Gasteiger partial charge in [-0.25, -0.2) is 4.98 Å². The average Bonchev–Trinajstić information content (AvgIpc) is 2.64. The summed E-state index contributed by atoms with van der Waals surface area (Å²) in [5, 5.41) is 8.39. The highest BCUT2D eigenvalue weighted by Crippen LogP contribution is 2.35. The summed E-state index contributed by atoms with van der Waals surface area (Å²) in [6, 6.07) is 11.7. The Morgan fingerprint density at radius 1 is 1.15 bits per heavy atom. The second kappa shape index (κ2) is 8.53. The second-order valence-electron chi connectivity index (χ2n) is 6.47. The van der Waals surface area contributed by atoms with Crippen LogP contribution in [0.15, 0.2) is 36.4 Å². The molecule has 4 nitrogen and oxygen atoms in total. The summed E-state index contributed by atoms with van der Waals surface area (Å²) >= 11 is 17.5. The smallest absolute Gasteiger partial charge is 0.171 e. The van der Waals surface area contributed by atoms with Crippen LogP contribution in [-0.4, -0.2) is 29.9 Å². The predicted octanol–water partition coefficient (Wildman–Crippen LogP) is 4.73. The van der Waals surface area contributed by atoms with E-state index in [-0.39, 0.29) is 5.41 Å². The van der Waals surface area contributed by atoms with Crippen molar-refractivity contribution in [3.8, 4) is 0 Å². The minimum atomic E-state index is -0.0298. The van der Waals surface area contributed by atoms with Crippen molar-refractivity contribution in [2.45, 2.75) is 25.2 Å². The van der Waals surface area contributed by atoms with Crippen molar-refractivity contribution in [3.05, 3.63) is 57.7 Å². The molecule has 7 heteroatoms. The van der Waals surface area contributed by atoms with Crippen LogP contribution in [0.25, 0.3) is 0 Å². The number of nitrogens with one attached hydrogen (secondary N) is 2. The Kier molecular flexibility index (Phi) is 6.35. The molecule has 1 saturated heterocycles. The van der Waals surface area contributed by atoms with Crippen LogP contribution >= 0.6 is 35.4 Å². The molecule has 1 aliphatic heterocycles. The molecule has 26 heavy (non-hydrogen) atoms. The highest BCUT2D eigenvalue weighted by Gasteiger charge is 2.34. The average molecular weight is 410 g/mol. The number of anilines is 1. The largest absolute Gasteiger partial charge is 0.381 e. The molecule has 1 aromatic heterocycles. The summed E-state index contributed by atoms with van der Waals surface area (Å²) in [5.41, 5.74) is 1.99. The number of nitrogens with zero attached hydrogens (tertiary/aromatic N) is 1. The highest BCUT2D eigenvalue weighted by molar-refractivity contribution is 7.80. The first-order valence-electron chi connectivity index (χ1n) is 8.50. The van der Waals surface area contributed by atoms with E-state index >= 15 is 0 Å². The molecule has 1 aliphatic rings. The third-order valence-electron chi connectivity index (χ3n) is 4.76. The van der Waals surface area contributed by atoms with Crippen molar-refractivity contribution in [1.29, 1.82) is 0 Å². The molecule has 1 fully saturated rings. The Morgan fingerprint density at radius 2 is 1.85 bits per heavy atom. The van der Waals surface area contributed by atoms with E-state index in [1.807, 2.05) is 31.2 Å². The van der Waals surface area contributed by atoms with Crippen molar-refractivity contribution in [2.24, 2.45) is 0 Å². The first-order valence-corrected chi connectivity index (χ1v) is 9.67. The van der Waals surface area contributed by atoms with Crippen LogP contribution in [0.3, 0.4) is 0 Å². The highest BCUT2D eigenvalue weighted by atomic mass is 35.5. The van der Waals surface area contributed by atoms with Crippen LogP contribution in [0, 0.1) is 6.92 Å². The number of halogens is 2. The van der Waals surface area contributed by atoms with E-state index in [0.717, 1.165) is 43.3 Å². The zero-order valence-electron chi connectivity index (χ0n) is 14.5. The van der Waals surface area contributed by atoms with Crippen LogP contribution in [0.2, 0.25) is 10.0 Å². The molecule has 1 aromatic carbocycles. The molecule has 138 valence electrons. The third kappa shape index (κ3) is 4.65. The second-order valence-corrected chi connectivity index (χ2v) is 7.72. The molecule has 0 unspecified atom stereocenters. The number of ether oxygens (including phenoxy) is 1. The predicted molar refractivity (Wildman–Crippen MR) is 111 cm³/mol. The first-order chi connectivity index (χ1) is 12.5. The van der Waals surface area contributed by atoms with Crippen molar-refractivity contribution in [1.82, 2.24) is 10.3 Å². The van der Waals surface area contributed by atoms with Gasteiger partial charge in [0.1, 0.15) is 5.82 Å². The molecule has 2 aromatic rings. The third-order valence-corrected chi connectivity index (χ3v) is 5.65. The van der Waals surface area contributed by atoms with Crippen LogP contribution in [-0.2, 0) is 10.2 Å². The summed E-state index contributed by atoms with van der Waals surface area (Å²) < 4.78 is 5.57. The van der Waals surface area contributed by atoms with E-state index in [2.05, 4.69) is 27.8 Å². The quantitative estimate of drug-likeness (QED) is 0.714. The van der Waals surface area contributed by atoms with Gasteiger partial charge < -0.3 is 15.4 Å². The van der Waals surface area contributed by atoms with Gasteiger partial charge >= 0.3 is 0 Å². The van der Waals surface area contributed by atoms with Gasteiger partial charge in [0.05, 0.1) is 10.7 Å². The van der Waals surface area contributed by atoms with Crippen molar-refractivity contribution >= 4 is 46.4 Å². The summed E-state index contributed by atoms with van der Waals surface area (Å²) in [6.07, 6.45) is 1.87. The van der Waals surface area contributed by atoms with Gasteiger partial charge in [-0.15, -0.1) is 0 Å². The van der Waals surface area contributed by atoms with Crippen LogP contribution in [0.1, 0.15) is 24.1 Å². The van der Waals surface area contributed by atoms with E-state index in [4.69, 9.17) is 40.2 Å². The molecular weight excluding hydrogens is 389 g/mol. The molecule has 0 aliphatic carbocycles. The number of aromatic nitrogens is 1. The zero-order valence-corrected chi connectivity index (χ0v) is 16.8. The van der Waals surface area contributed by atoms with E-state index in [1.54, 1.807) is 0 Å². The lowest BCUT2D eigenvalue weighted by Gasteiger charge is -2.38. The van der Waals surface area contributed by atoms with Gasteiger partial charge in [-0.3, -0.25) is 0 Å². The Balaban J connectivity index is 1.68. The molecule has 0 saturated carbocycles. The number of hydrogen-bond donors (Lipinski definition) is 2. The molecule has 0 atom stereocenters. The molecule has 0 radical (unpaired) electrons. The molecule has 0 amide bonds. The molecular formula is C19H21Cl2N3OS. The normalized spacial score (nSPS) is 16.1. The Morgan fingerprint density at radius 3 is 2.50 bits per heavy atom. The number of rotatable bonds is 4. The fraction of sp³-hybridized carbons (Fsp3) is 0.368. The lowest BCUT2D eigenvalue weighted by Crippen LogP contribution is -2.45. The maximum atomic E-state index is 6.05. The topological polar surface area (TPSA) is 46.2 Å². The number of hydrogen-bond acceptors (Lipinski definition) is 3. The Hall–Kier alpha value is -1.40. The summed E-state index contributed by atoms with van der Waals surface area (Å²) in [4.78, 5) is 4.39.